The van der Waals surface area contributed by atoms with E-state index in [0.717, 1.165) is 30.1 Å². The topological polar surface area (TPSA) is 51.2 Å². The Morgan fingerprint density at radius 3 is 2.48 bits per heavy atom. The molecule has 2 aromatic carbocycles. The monoisotopic (exact) mass is 396 g/mol. The maximum atomic E-state index is 12.6. The number of hydrogen-bond acceptors (Lipinski definition) is 5. The fraction of sp³-hybridized carbons (Fsp3) is 0.348. The molecular formula is C23H28N2O4. The zero-order chi connectivity index (χ0) is 20.6. The second-order valence-corrected chi connectivity index (χ2v) is 6.69. The van der Waals surface area contributed by atoms with Gasteiger partial charge in [-0.15, -0.1) is 0 Å². The number of nitrogens with zero attached hydrogens (tertiary/aromatic N) is 2. The third kappa shape index (κ3) is 5.22. The fourth-order valence-corrected chi connectivity index (χ4v) is 3.33. The van der Waals surface area contributed by atoms with Crippen molar-refractivity contribution in [1.29, 1.82) is 0 Å². The lowest BCUT2D eigenvalue weighted by Crippen LogP contribution is -2.48. The molecule has 154 valence electrons. The fourth-order valence-electron chi connectivity index (χ4n) is 3.33. The Labute approximate surface area is 172 Å². The summed E-state index contributed by atoms with van der Waals surface area (Å²) in [4.78, 5) is 16.7. The van der Waals surface area contributed by atoms with E-state index in [1.54, 1.807) is 20.3 Å². The van der Waals surface area contributed by atoms with E-state index in [4.69, 9.17) is 14.2 Å². The van der Waals surface area contributed by atoms with Crippen LogP contribution in [0, 0.1) is 0 Å². The van der Waals surface area contributed by atoms with E-state index in [0.29, 0.717) is 31.2 Å². The number of hydrogen-bond donors (Lipinski definition) is 0. The average molecular weight is 396 g/mol. The van der Waals surface area contributed by atoms with Gasteiger partial charge in [-0.1, -0.05) is 12.1 Å². The molecule has 0 bridgehead atoms. The van der Waals surface area contributed by atoms with E-state index in [-0.39, 0.29) is 5.91 Å². The minimum atomic E-state index is 0.0177. The number of benzene rings is 2. The summed E-state index contributed by atoms with van der Waals surface area (Å²) in [6.45, 7) is 5.45. The number of carbonyl (C=O) groups is 1. The number of methoxy groups -OCH3 is 2. The highest BCUT2D eigenvalue weighted by Crippen LogP contribution is 2.28. The molecule has 1 fully saturated rings. The van der Waals surface area contributed by atoms with Crippen LogP contribution in [0.3, 0.4) is 0 Å². The van der Waals surface area contributed by atoms with Crippen LogP contribution < -0.4 is 19.1 Å². The highest BCUT2D eigenvalue weighted by molar-refractivity contribution is 5.92. The van der Waals surface area contributed by atoms with Gasteiger partial charge in [0, 0.05) is 44.0 Å². The first-order chi connectivity index (χ1) is 14.1. The number of anilines is 1. The molecule has 2 aromatic rings. The predicted molar refractivity (Wildman–Crippen MR) is 115 cm³/mol. The molecule has 0 radical (unpaired) electrons. The molecule has 1 aliphatic rings. The molecule has 0 atom stereocenters. The minimum absolute atomic E-state index is 0.0177. The first-order valence-electron chi connectivity index (χ1n) is 9.81. The van der Waals surface area contributed by atoms with Crippen molar-refractivity contribution in [2.45, 2.75) is 6.92 Å². The van der Waals surface area contributed by atoms with E-state index in [1.807, 2.05) is 54.3 Å². The van der Waals surface area contributed by atoms with Gasteiger partial charge in [0.05, 0.1) is 20.8 Å². The maximum absolute atomic E-state index is 12.6. The summed E-state index contributed by atoms with van der Waals surface area (Å²) in [5.74, 6) is 2.22. The van der Waals surface area contributed by atoms with Crippen LogP contribution >= 0.6 is 0 Å². The minimum Gasteiger partial charge on any atom is -0.497 e. The number of carbonyl (C=O) groups excluding carboxylic acids is 1. The smallest absolute Gasteiger partial charge is 0.246 e. The van der Waals surface area contributed by atoms with Crippen molar-refractivity contribution in [2.24, 2.45) is 0 Å². The summed E-state index contributed by atoms with van der Waals surface area (Å²) in [5, 5.41) is 0. The van der Waals surface area contributed by atoms with Crippen LogP contribution in [0.2, 0.25) is 0 Å². The van der Waals surface area contributed by atoms with E-state index < -0.39 is 0 Å². The van der Waals surface area contributed by atoms with Gasteiger partial charge >= 0.3 is 0 Å². The van der Waals surface area contributed by atoms with Gasteiger partial charge in [0.2, 0.25) is 5.91 Å². The highest BCUT2D eigenvalue weighted by Gasteiger charge is 2.20. The van der Waals surface area contributed by atoms with E-state index in [1.165, 1.54) is 0 Å². The van der Waals surface area contributed by atoms with Crippen LogP contribution in [0.25, 0.3) is 6.08 Å². The lowest BCUT2D eigenvalue weighted by Gasteiger charge is -2.35. The Bertz CT molecular complexity index is 858. The van der Waals surface area contributed by atoms with Gasteiger partial charge in [-0.05, 0) is 42.8 Å². The van der Waals surface area contributed by atoms with Crippen molar-refractivity contribution >= 4 is 17.7 Å². The second kappa shape index (κ2) is 9.87. The number of ether oxygens (including phenoxy) is 3. The number of piperazine rings is 1. The molecule has 6 nitrogen and oxygen atoms in total. The first kappa shape index (κ1) is 20.6. The summed E-state index contributed by atoms with van der Waals surface area (Å²) in [5.41, 5.74) is 2.02. The largest absolute Gasteiger partial charge is 0.497 e. The standard InChI is InChI=1S/C23H28N2O4/c1-4-29-22-16-18(8-10-21(22)28-3)9-11-23(26)25-14-12-24(13-15-25)19-6-5-7-20(17-19)27-2/h5-11,16-17H,4,12-15H2,1-3H3. The van der Waals surface area contributed by atoms with E-state index >= 15 is 0 Å². The first-order valence-corrected chi connectivity index (χ1v) is 9.81. The van der Waals surface area contributed by atoms with Crippen LogP contribution in [-0.4, -0.2) is 57.8 Å². The zero-order valence-corrected chi connectivity index (χ0v) is 17.3. The Morgan fingerprint density at radius 1 is 1.00 bits per heavy atom. The van der Waals surface area contributed by atoms with Gasteiger partial charge in [-0.3, -0.25) is 4.79 Å². The molecule has 0 N–H and O–H groups in total. The summed E-state index contributed by atoms with van der Waals surface area (Å²) >= 11 is 0. The normalized spacial score (nSPS) is 14.2. The zero-order valence-electron chi connectivity index (χ0n) is 17.3. The molecule has 1 amide bonds. The van der Waals surface area contributed by atoms with Gasteiger partial charge < -0.3 is 24.0 Å². The number of amides is 1. The second-order valence-electron chi connectivity index (χ2n) is 6.69. The van der Waals surface area contributed by atoms with Crippen LogP contribution in [0.15, 0.2) is 48.5 Å². The lowest BCUT2D eigenvalue weighted by atomic mass is 10.1. The van der Waals surface area contributed by atoms with Crippen molar-refractivity contribution in [1.82, 2.24) is 4.90 Å². The molecule has 0 unspecified atom stereocenters. The van der Waals surface area contributed by atoms with Gasteiger partial charge in [0.15, 0.2) is 11.5 Å². The third-order valence-corrected chi connectivity index (χ3v) is 4.92. The highest BCUT2D eigenvalue weighted by atomic mass is 16.5. The molecule has 6 heteroatoms. The van der Waals surface area contributed by atoms with Crippen molar-refractivity contribution < 1.29 is 19.0 Å². The maximum Gasteiger partial charge on any atom is 0.246 e. The molecule has 0 aromatic heterocycles. The Hall–Kier alpha value is -3.15. The van der Waals surface area contributed by atoms with E-state index in [2.05, 4.69) is 11.0 Å². The van der Waals surface area contributed by atoms with Gasteiger partial charge in [-0.2, -0.15) is 0 Å². The van der Waals surface area contributed by atoms with Crippen molar-refractivity contribution in [3.8, 4) is 17.2 Å². The molecule has 0 spiro atoms. The average Bonchev–Trinajstić information content (AvgIpc) is 2.78. The Kier molecular flexibility index (Phi) is 7.00. The summed E-state index contributed by atoms with van der Waals surface area (Å²) in [6, 6.07) is 13.7. The molecule has 0 aliphatic carbocycles. The van der Waals surface area contributed by atoms with Gasteiger partial charge in [0.1, 0.15) is 5.75 Å². The molecule has 1 saturated heterocycles. The SMILES string of the molecule is CCOc1cc(C=CC(=O)N2CCN(c3cccc(OC)c3)CC2)ccc1OC. The molecular weight excluding hydrogens is 368 g/mol. The molecule has 1 heterocycles. The van der Waals surface area contributed by atoms with Crippen molar-refractivity contribution in [3.63, 3.8) is 0 Å². The van der Waals surface area contributed by atoms with Gasteiger partial charge in [-0.25, -0.2) is 0 Å². The van der Waals surface area contributed by atoms with Crippen LogP contribution in [0.4, 0.5) is 5.69 Å². The molecule has 3 rings (SSSR count). The summed E-state index contributed by atoms with van der Waals surface area (Å²) in [6.07, 6.45) is 3.44. The van der Waals surface area contributed by atoms with Crippen molar-refractivity contribution in [2.75, 3.05) is 51.9 Å². The van der Waals surface area contributed by atoms with Crippen LogP contribution in [-0.2, 0) is 4.79 Å². The summed E-state index contributed by atoms with van der Waals surface area (Å²) in [7, 11) is 3.28. The Balaban J connectivity index is 1.59. The number of rotatable bonds is 7. The summed E-state index contributed by atoms with van der Waals surface area (Å²) < 4.78 is 16.2. The van der Waals surface area contributed by atoms with Crippen LogP contribution in [0.1, 0.15) is 12.5 Å². The van der Waals surface area contributed by atoms with Gasteiger partial charge in [0.25, 0.3) is 0 Å². The molecule has 29 heavy (non-hydrogen) atoms. The third-order valence-electron chi connectivity index (χ3n) is 4.92. The lowest BCUT2D eigenvalue weighted by molar-refractivity contribution is -0.126. The Morgan fingerprint density at radius 2 is 1.79 bits per heavy atom. The molecule has 0 saturated carbocycles. The van der Waals surface area contributed by atoms with Crippen LogP contribution in [0.5, 0.6) is 17.2 Å². The quantitative estimate of drug-likeness (QED) is 0.671. The predicted octanol–water partition coefficient (Wildman–Crippen LogP) is 3.46. The van der Waals surface area contributed by atoms with Crippen molar-refractivity contribution in [3.05, 3.63) is 54.1 Å². The molecule has 1 aliphatic heterocycles. The van der Waals surface area contributed by atoms with E-state index in [9.17, 15) is 4.79 Å².